The highest BCUT2D eigenvalue weighted by Crippen LogP contribution is 1.90. The number of rotatable bonds is 2. The maximum atomic E-state index is 10.6. The maximum absolute atomic E-state index is 10.6. The molecule has 0 atom stereocenters. The van der Waals surface area contributed by atoms with Crippen molar-refractivity contribution in [1.29, 1.82) is 0 Å². The zero-order valence-electron chi connectivity index (χ0n) is 6.33. The molecule has 0 saturated carbocycles. The number of carbonyl (C=O) groups excluding carboxylic acids is 2. The molecule has 0 fully saturated rings. The van der Waals surface area contributed by atoms with Crippen LogP contribution < -0.4 is 11.1 Å². The number of amides is 3. The molecule has 66 valence electrons. The van der Waals surface area contributed by atoms with E-state index in [0.29, 0.717) is 0 Å². The number of carboxylic acid groups (broad SMARTS) is 1. The summed E-state index contributed by atoms with van der Waals surface area (Å²) in [6.07, 6.45) is 0.771. The monoisotopic (exact) mass is 172 g/mol. The molecule has 0 aromatic heterocycles. The second-order valence-electron chi connectivity index (χ2n) is 1.99. The number of nitrogens with two attached hydrogens (primary N) is 1. The van der Waals surface area contributed by atoms with Gasteiger partial charge in [-0.1, -0.05) is 0 Å². The Kier molecular flexibility index (Phi) is 3.48. The van der Waals surface area contributed by atoms with Gasteiger partial charge in [-0.2, -0.15) is 0 Å². The van der Waals surface area contributed by atoms with Crippen molar-refractivity contribution in [2.24, 2.45) is 5.73 Å². The number of primary amides is 1. The Bertz CT molecular complexity index is 256. The largest absolute Gasteiger partial charge is 0.478 e. The molecule has 0 aliphatic heterocycles. The van der Waals surface area contributed by atoms with Crippen molar-refractivity contribution in [2.75, 3.05) is 0 Å². The van der Waals surface area contributed by atoms with Crippen LogP contribution in [0.25, 0.3) is 0 Å². The van der Waals surface area contributed by atoms with Gasteiger partial charge in [0.05, 0.1) is 0 Å². The molecule has 3 amide bonds. The number of carboxylic acids is 1. The molecule has 0 aromatic rings. The van der Waals surface area contributed by atoms with Crippen LogP contribution in [0.1, 0.15) is 6.92 Å². The summed E-state index contributed by atoms with van der Waals surface area (Å²) in [5.74, 6) is -2.07. The van der Waals surface area contributed by atoms with Crippen LogP contribution in [0.3, 0.4) is 0 Å². The topological polar surface area (TPSA) is 109 Å². The molecule has 0 bridgehead atoms. The average molecular weight is 172 g/mol. The van der Waals surface area contributed by atoms with E-state index in [9.17, 15) is 14.4 Å². The van der Waals surface area contributed by atoms with Crippen molar-refractivity contribution in [2.45, 2.75) is 6.92 Å². The van der Waals surface area contributed by atoms with Crippen LogP contribution >= 0.6 is 0 Å². The first-order valence-electron chi connectivity index (χ1n) is 2.95. The number of aliphatic carboxylic acids is 1. The second-order valence-corrected chi connectivity index (χ2v) is 1.99. The summed E-state index contributed by atoms with van der Waals surface area (Å²) in [5.41, 5.74) is 4.43. The first kappa shape index (κ1) is 10.2. The fraction of sp³-hybridized carbons (Fsp3) is 0.167. The summed E-state index contributed by atoms with van der Waals surface area (Å²) in [4.78, 5) is 30.8. The van der Waals surface area contributed by atoms with Gasteiger partial charge in [-0.3, -0.25) is 10.1 Å². The molecular formula is C6H8N2O4. The lowest BCUT2D eigenvalue weighted by molar-refractivity contribution is -0.133. The standard InChI is InChI=1S/C6H8N2O4/c1-3(5(10)11)2-4(9)8-6(7)12/h2H,1H3,(H,10,11)(H3,7,8,9,12). The third-order valence-corrected chi connectivity index (χ3v) is 0.931. The molecular weight excluding hydrogens is 164 g/mol. The highest BCUT2D eigenvalue weighted by Gasteiger charge is 2.04. The fourth-order valence-corrected chi connectivity index (χ4v) is 0.416. The number of carbonyl (C=O) groups is 3. The minimum Gasteiger partial charge on any atom is -0.478 e. The SMILES string of the molecule is CC(=CC(=O)NC(N)=O)C(=O)O. The predicted molar refractivity (Wildman–Crippen MR) is 39.1 cm³/mol. The Balaban J connectivity index is 4.24. The van der Waals surface area contributed by atoms with Crippen LogP contribution in [0, 0.1) is 0 Å². The summed E-state index contributed by atoms with van der Waals surface area (Å²) in [5, 5.41) is 9.99. The minimum atomic E-state index is -1.23. The Morgan fingerprint density at radius 3 is 2.25 bits per heavy atom. The van der Waals surface area contributed by atoms with E-state index in [-0.39, 0.29) is 5.57 Å². The van der Waals surface area contributed by atoms with E-state index < -0.39 is 17.9 Å². The Hall–Kier alpha value is -1.85. The van der Waals surface area contributed by atoms with Crippen LogP contribution in [-0.4, -0.2) is 23.0 Å². The highest BCUT2D eigenvalue weighted by atomic mass is 16.4. The molecule has 0 aliphatic carbocycles. The highest BCUT2D eigenvalue weighted by molar-refractivity contribution is 6.03. The van der Waals surface area contributed by atoms with Gasteiger partial charge >= 0.3 is 12.0 Å². The summed E-state index contributed by atoms with van der Waals surface area (Å²) in [6.45, 7) is 1.23. The summed E-state index contributed by atoms with van der Waals surface area (Å²) >= 11 is 0. The van der Waals surface area contributed by atoms with Crippen molar-refractivity contribution >= 4 is 17.9 Å². The lowest BCUT2D eigenvalue weighted by Gasteiger charge is -1.94. The summed E-state index contributed by atoms with van der Waals surface area (Å²) < 4.78 is 0. The smallest absolute Gasteiger partial charge is 0.331 e. The van der Waals surface area contributed by atoms with Gasteiger partial charge in [-0.15, -0.1) is 0 Å². The van der Waals surface area contributed by atoms with E-state index in [1.54, 1.807) is 5.32 Å². The third kappa shape index (κ3) is 4.04. The molecule has 0 heterocycles. The number of urea groups is 1. The molecule has 0 unspecified atom stereocenters. The molecule has 0 spiro atoms. The first-order valence-corrected chi connectivity index (χ1v) is 2.95. The summed E-state index contributed by atoms with van der Waals surface area (Å²) in [7, 11) is 0. The molecule has 0 saturated heterocycles. The van der Waals surface area contributed by atoms with Gasteiger partial charge in [0, 0.05) is 11.6 Å². The maximum Gasteiger partial charge on any atom is 0.331 e. The van der Waals surface area contributed by atoms with Gasteiger partial charge in [0.1, 0.15) is 0 Å². The van der Waals surface area contributed by atoms with E-state index >= 15 is 0 Å². The van der Waals surface area contributed by atoms with Gasteiger partial charge in [0.15, 0.2) is 0 Å². The predicted octanol–water partition coefficient (Wildman–Crippen LogP) is -0.788. The van der Waals surface area contributed by atoms with Crippen LogP contribution in [-0.2, 0) is 9.59 Å². The van der Waals surface area contributed by atoms with Crippen molar-refractivity contribution in [3.8, 4) is 0 Å². The molecule has 6 heteroatoms. The summed E-state index contributed by atoms with van der Waals surface area (Å²) in [6, 6.07) is -1.02. The molecule has 0 aliphatic rings. The molecule has 4 N–H and O–H groups in total. The van der Waals surface area contributed by atoms with Gasteiger partial charge in [-0.25, -0.2) is 9.59 Å². The van der Waals surface area contributed by atoms with Crippen LogP contribution in [0.2, 0.25) is 0 Å². The molecule has 0 aromatic carbocycles. The second kappa shape index (κ2) is 4.12. The zero-order valence-corrected chi connectivity index (χ0v) is 6.33. The Morgan fingerprint density at radius 2 is 1.92 bits per heavy atom. The number of imide groups is 1. The van der Waals surface area contributed by atoms with Crippen LogP contribution in [0.15, 0.2) is 11.6 Å². The van der Waals surface area contributed by atoms with Gasteiger partial charge in [0.2, 0.25) is 0 Å². The van der Waals surface area contributed by atoms with E-state index in [1.807, 2.05) is 0 Å². The molecule has 12 heavy (non-hydrogen) atoms. The Labute approximate surface area is 68.0 Å². The van der Waals surface area contributed by atoms with E-state index in [4.69, 9.17) is 5.11 Å². The normalized spacial score (nSPS) is 10.6. The number of hydrogen-bond acceptors (Lipinski definition) is 3. The number of nitrogens with one attached hydrogen (secondary N) is 1. The van der Waals surface area contributed by atoms with Gasteiger partial charge in [-0.05, 0) is 6.92 Å². The quantitative estimate of drug-likeness (QED) is 0.474. The third-order valence-electron chi connectivity index (χ3n) is 0.931. The Morgan fingerprint density at radius 1 is 1.42 bits per heavy atom. The van der Waals surface area contributed by atoms with Crippen molar-refractivity contribution < 1.29 is 19.5 Å². The lowest BCUT2D eigenvalue weighted by Crippen LogP contribution is -2.34. The first-order chi connectivity index (χ1) is 5.43. The zero-order chi connectivity index (χ0) is 9.72. The minimum absolute atomic E-state index is 0.172. The van der Waals surface area contributed by atoms with E-state index in [1.165, 1.54) is 6.92 Å². The average Bonchev–Trinajstić information content (AvgIpc) is 1.84. The van der Waals surface area contributed by atoms with Gasteiger partial charge < -0.3 is 10.8 Å². The molecule has 6 nitrogen and oxygen atoms in total. The van der Waals surface area contributed by atoms with Gasteiger partial charge in [0.25, 0.3) is 5.91 Å². The molecule has 0 rings (SSSR count). The van der Waals surface area contributed by atoms with E-state index in [0.717, 1.165) is 6.08 Å². The fourth-order valence-electron chi connectivity index (χ4n) is 0.416. The van der Waals surface area contributed by atoms with Crippen molar-refractivity contribution in [3.05, 3.63) is 11.6 Å². The molecule has 0 radical (unpaired) electrons. The van der Waals surface area contributed by atoms with Crippen LogP contribution in [0.5, 0.6) is 0 Å². The van der Waals surface area contributed by atoms with Crippen LogP contribution in [0.4, 0.5) is 4.79 Å². The van der Waals surface area contributed by atoms with Crippen molar-refractivity contribution in [3.63, 3.8) is 0 Å². The lowest BCUT2D eigenvalue weighted by atomic mass is 10.3. The van der Waals surface area contributed by atoms with Crippen molar-refractivity contribution in [1.82, 2.24) is 5.32 Å². The number of hydrogen-bond donors (Lipinski definition) is 3. The van der Waals surface area contributed by atoms with E-state index in [2.05, 4.69) is 5.73 Å².